The van der Waals surface area contributed by atoms with E-state index in [-0.39, 0.29) is 24.6 Å². The van der Waals surface area contributed by atoms with E-state index in [0.29, 0.717) is 6.54 Å². The van der Waals surface area contributed by atoms with E-state index in [9.17, 15) is 17.6 Å². The van der Waals surface area contributed by atoms with Crippen LogP contribution in [0.2, 0.25) is 0 Å². The van der Waals surface area contributed by atoms with Gasteiger partial charge in [0, 0.05) is 19.5 Å². The summed E-state index contributed by atoms with van der Waals surface area (Å²) < 4.78 is 38.3. The molecule has 0 aliphatic rings. The van der Waals surface area contributed by atoms with Gasteiger partial charge in [-0.15, -0.1) is 0 Å². The van der Waals surface area contributed by atoms with E-state index in [1.807, 2.05) is 31.2 Å². The van der Waals surface area contributed by atoms with Gasteiger partial charge in [-0.2, -0.15) is 0 Å². The minimum absolute atomic E-state index is 0.0184. The molecule has 0 aliphatic heterocycles. The Hall–Kier alpha value is -2.41. The maximum Gasteiger partial charge on any atom is 0.232 e. The standard InChI is InChI=1S/C18H21FN2O3S/c1-14-6-3-4-7-15(14)13-20-18(22)10-11-21(25(2,23)24)17-9-5-8-16(19)12-17/h3-9,12H,10-11,13H2,1-2H3,(H,20,22). The minimum Gasteiger partial charge on any atom is -0.352 e. The van der Waals surface area contributed by atoms with Crippen molar-refractivity contribution in [3.05, 3.63) is 65.5 Å². The van der Waals surface area contributed by atoms with E-state index >= 15 is 0 Å². The van der Waals surface area contributed by atoms with Gasteiger partial charge in [-0.25, -0.2) is 12.8 Å². The maximum atomic E-state index is 13.4. The van der Waals surface area contributed by atoms with Crippen LogP contribution in [0.15, 0.2) is 48.5 Å². The molecule has 0 atom stereocenters. The van der Waals surface area contributed by atoms with Crippen LogP contribution in [0.3, 0.4) is 0 Å². The maximum absolute atomic E-state index is 13.4. The summed E-state index contributed by atoms with van der Waals surface area (Å²) in [4.78, 5) is 12.1. The van der Waals surface area contributed by atoms with Crippen molar-refractivity contribution in [2.45, 2.75) is 19.9 Å². The van der Waals surface area contributed by atoms with Crippen molar-refractivity contribution in [1.82, 2.24) is 5.32 Å². The molecule has 0 aliphatic carbocycles. The molecule has 0 heterocycles. The largest absolute Gasteiger partial charge is 0.352 e. The van der Waals surface area contributed by atoms with Gasteiger partial charge in [0.15, 0.2) is 0 Å². The summed E-state index contributed by atoms with van der Waals surface area (Å²) in [6, 6.07) is 13.0. The normalized spacial score (nSPS) is 11.2. The molecule has 0 saturated carbocycles. The van der Waals surface area contributed by atoms with Gasteiger partial charge < -0.3 is 5.32 Å². The van der Waals surface area contributed by atoms with Crippen LogP contribution in [0, 0.1) is 12.7 Å². The van der Waals surface area contributed by atoms with Gasteiger partial charge in [0.1, 0.15) is 5.82 Å². The third-order valence-electron chi connectivity index (χ3n) is 3.78. The average Bonchev–Trinajstić information content (AvgIpc) is 2.53. The first-order valence-electron chi connectivity index (χ1n) is 7.82. The highest BCUT2D eigenvalue weighted by atomic mass is 32.2. The molecular formula is C18H21FN2O3S. The fraction of sp³-hybridized carbons (Fsp3) is 0.278. The van der Waals surface area contributed by atoms with Crippen LogP contribution >= 0.6 is 0 Å². The van der Waals surface area contributed by atoms with E-state index in [2.05, 4.69) is 5.32 Å². The number of benzene rings is 2. The Labute approximate surface area is 147 Å². The molecule has 1 N–H and O–H groups in total. The number of sulfonamides is 1. The zero-order chi connectivity index (χ0) is 18.4. The van der Waals surface area contributed by atoms with Crippen LogP contribution in [0.4, 0.5) is 10.1 Å². The molecule has 2 aromatic carbocycles. The lowest BCUT2D eigenvalue weighted by Crippen LogP contribution is -2.34. The van der Waals surface area contributed by atoms with Crippen LogP contribution in [0.1, 0.15) is 17.5 Å². The molecule has 2 aromatic rings. The van der Waals surface area contributed by atoms with Gasteiger partial charge in [0.25, 0.3) is 0 Å². The monoisotopic (exact) mass is 364 g/mol. The van der Waals surface area contributed by atoms with Gasteiger partial charge in [-0.3, -0.25) is 9.10 Å². The minimum atomic E-state index is -3.62. The van der Waals surface area contributed by atoms with E-state index < -0.39 is 15.8 Å². The molecule has 0 fully saturated rings. The highest BCUT2D eigenvalue weighted by Crippen LogP contribution is 2.18. The van der Waals surface area contributed by atoms with Gasteiger partial charge in [-0.05, 0) is 36.2 Å². The van der Waals surface area contributed by atoms with Crippen LogP contribution in [-0.2, 0) is 21.4 Å². The Kier molecular flexibility index (Phi) is 6.14. The number of rotatable bonds is 7. The van der Waals surface area contributed by atoms with Gasteiger partial charge in [0.05, 0.1) is 11.9 Å². The first kappa shape index (κ1) is 18.9. The highest BCUT2D eigenvalue weighted by Gasteiger charge is 2.19. The molecule has 5 nitrogen and oxygen atoms in total. The predicted octanol–water partition coefficient (Wildman–Crippen LogP) is 2.61. The van der Waals surface area contributed by atoms with Crippen LogP contribution < -0.4 is 9.62 Å². The third kappa shape index (κ3) is 5.56. The predicted molar refractivity (Wildman–Crippen MR) is 96.2 cm³/mol. The third-order valence-corrected chi connectivity index (χ3v) is 4.97. The number of nitrogens with one attached hydrogen (secondary N) is 1. The number of nitrogens with zero attached hydrogens (tertiary/aromatic N) is 1. The number of halogens is 1. The van der Waals surface area contributed by atoms with Gasteiger partial charge >= 0.3 is 0 Å². The zero-order valence-electron chi connectivity index (χ0n) is 14.2. The zero-order valence-corrected chi connectivity index (χ0v) is 15.0. The lowest BCUT2D eigenvalue weighted by Gasteiger charge is -2.22. The smallest absolute Gasteiger partial charge is 0.232 e. The second kappa shape index (κ2) is 8.11. The van der Waals surface area contributed by atoms with Crippen molar-refractivity contribution in [1.29, 1.82) is 0 Å². The number of carbonyl (C=O) groups is 1. The molecule has 0 saturated heterocycles. The highest BCUT2D eigenvalue weighted by molar-refractivity contribution is 7.92. The van der Waals surface area contributed by atoms with Crippen molar-refractivity contribution in [3.8, 4) is 0 Å². The molecule has 7 heteroatoms. The second-order valence-electron chi connectivity index (χ2n) is 5.77. The van der Waals surface area contributed by atoms with Crippen molar-refractivity contribution in [3.63, 3.8) is 0 Å². The fourth-order valence-electron chi connectivity index (χ4n) is 2.41. The number of amides is 1. The number of hydrogen-bond acceptors (Lipinski definition) is 3. The number of hydrogen-bond donors (Lipinski definition) is 1. The molecule has 0 bridgehead atoms. The lowest BCUT2D eigenvalue weighted by atomic mass is 10.1. The van der Waals surface area contributed by atoms with Gasteiger partial charge in [0.2, 0.25) is 15.9 Å². The summed E-state index contributed by atoms with van der Waals surface area (Å²) >= 11 is 0. The summed E-state index contributed by atoms with van der Waals surface area (Å²) in [6.07, 6.45) is 1.01. The van der Waals surface area contributed by atoms with E-state index in [1.54, 1.807) is 0 Å². The fourth-order valence-corrected chi connectivity index (χ4v) is 3.33. The summed E-state index contributed by atoms with van der Waals surface area (Å²) in [6.45, 7) is 2.28. The van der Waals surface area contributed by atoms with Gasteiger partial charge in [-0.1, -0.05) is 30.3 Å². The van der Waals surface area contributed by atoms with Crippen LogP contribution in [0.5, 0.6) is 0 Å². The Morgan fingerprint density at radius 2 is 1.88 bits per heavy atom. The van der Waals surface area contributed by atoms with Crippen molar-refractivity contribution >= 4 is 21.6 Å². The van der Waals surface area contributed by atoms with Crippen molar-refractivity contribution < 1.29 is 17.6 Å². The number of anilines is 1. The first-order chi connectivity index (χ1) is 11.8. The molecule has 0 aromatic heterocycles. The summed E-state index contributed by atoms with van der Waals surface area (Å²) in [7, 11) is -3.62. The Bertz CT molecular complexity index is 853. The van der Waals surface area contributed by atoms with Crippen molar-refractivity contribution in [2.24, 2.45) is 0 Å². The molecule has 0 spiro atoms. The Balaban J connectivity index is 1.99. The molecule has 0 radical (unpaired) electrons. The summed E-state index contributed by atoms with van der Waals surface area (Å²) in [5, 5.41) is 2.77. The van der Waals surface area contributed by atoms with E-state index in [0.717, 1.165) is 27.8 Å². The summed E-state index contributed by atoms with van der Waals surface area (Å²) in [5.41, 5.74) is 2.27. The molecule has 0 unspecified atom stereocenters. The number of carbonyl (C=O) groups excluding carboxylic acids is 1. The molecular weight excluding hydrogens is 343 g/mol. The van der Waals surface area contributed by atoms with E-state index in [1.165, 1.54) is 18.2 Å². The quantitative estimate of drug-likeness (QED) is 0.821. The van der Waals surface area contributed by atoms with Crippen LogP contribution in [0.25, 0.3) is 0 Å². The van der Waals surface area contributed by atoms with E-state index in [4.69, 9.17) is 0 Å². The lowest BCUT2D eigenvalue weighted by molar-refractivity contribution is -0.121. The average molecular weight is 364 g/mol. The topological polar surface area (TPSA) is 66.5 Å². The Morgan fingerprint density at radius 1 is 1.16 bits per heavy atom. The molecule has 1 amide bonds. The molecule has 25 heavy (non-hydrogen) atoms. The Morgan fingerprint density at radius 3 is 2.52 bits per heavy atom. The SMILES string of the molecule is Cc1ccccc1CNC(=O)CCN(c1cccc(F)c1)S(C)(=O)=O. The van der Waals surface area contributed by atoms with Crippen molar-refractivity contribution in [2.75, 3.05) is 17.1 Å². The van der Waals surface area contributed by atoms with Crippen LogP contribution in [-0.4, -0.2) is 27.1 Å². The summed E-state index contributed by atoms with van der Waals surface area (Å²) in [5.74, 6) is -0.802. The first-order valence-corrected chi connectivity index (χ1v) is 9.66. The second-order valence-corrected chi connectivity index (χ2v) is 7.68. The molecule has 134 valence electrons. The number of aryl methyl sites for hydroxylation is 1. The molecule has 2 rings (SSSR count).